The predicted molar refractivity (Wildman–Crippen MR) is 81.1 cm³/mol. The largest absolute Gasteiger partial charge is 0.497 e. The summed E-state index contributed by atoms with van der Waals surface area (Å²) in [6.45, 7) is 1.18. The molecule has 0 aromatic heterocycles. The molecule has 0 bridgehead atoms. The van der Waals surface area contributed by atoms with E-state index in [9.17, 15) is 0 Å². The van der Waals surface area contributed by atoms with Gasteiger partial charge >= 0.3 is 0 Å². The van der Waals surface area contributed by atoms with Gasteiger partial charge in [0.25, 0.3) is 0 Å². The molecule has 1 N–H and O–H groups in total. The first kappa shape index (κ1) is 13.8. The minimum Gasteiger partial charge on any atom is -0.497 e. The maximum atomic E-state index is 5.83. The van der Waals surface area contributed by atoms with Gasteiger partial charge in [-0.1, -0.05) is 12.1 Å². The van der Waals surface area contributed by atoms with Gasteiger partial charge in [0, 0.05) is 11.6 Å². The van der Waals surface area contributed by atoms with Gasteiger partial charge in [0.05, 0.1) is 13.2 Å². The van der Waals surface area contributed by atoms with Crippen molar-refractivity contribution in [2.75, 3.05) is 20.8 Å². The van der Waals surface area contributed by atoms with Crippen LogP contribution in [0.4, 0.5) is 0 Å². The Hall–Kier alpha value is -2.20. The maximum absolute atomic E-state index is 5.83. The molecule has 0 saturated heterocycles. The molecule has 0 aliphatic carbocycles. The van der Waals surface area contributed by atoms with Crippen molar-refractivity contribution in [2.24, 2.45) is 0 Å². The second kappa shape index (κ2) is 6.06. The fraction of sp³-hybridized carbons (Fsp3) is 0.294. The van der Waals surface area contributed by atoms with Gasteiger partial charge in [-0.2, -0.15) is 0 Å². The molecule has 0 amide bonds. The summed E-state index contributed by atoms with van der Waals surface area (Å²) in [7, 11) is 3.60. The van der Waals surface area contributed by atoms with Crippen molar-refractivity contribution in [3.63, 3.8) is 0 Å². The molecule has 4 nitrogen and oxygen atoms in total. The van der Waals surface area contributed by atoms with E-state index in [0.29, 0.717) is 13.2 Å². The van der Waals surface area contributed by atoms with Gasteiger partial charge in [-0.25, -0.2) is 0 Å². The lowest BCUT2D eigenvalue weighted by Crippen LogP contribution is -2.17. The zero-order chi connectivity index (χ0) is 14.7. The number of likely N-dealkylation sites (N-methyl/N-ethyl adjacent to an activating group) is 1. The standard InChI is InChI=1S/C17H19NO3/c1-18-16-11-21-17-9-14(6-7-15(16)17)20-10-12-4-3-5-13(8-12)19-2/h3-9,16,18H,10-11H2,1-2H3. The topological polar surface area (TPSA) is 39.7 Å². The predicted octanol–water partition coefficient (Wildman–Crippen LogP) is 2.93. The van der Waals surface area contributed by atoms with Crippen molar-refractivity contribution in [1.29, 1.82) is 0 Å². The summed E-state index contributed by atoms with van der Waals surface area (Å²) in [6.07, 6.45) is 0. The number of benzene rings is 2. The molecule has 1 atom stereocenters. The highest BCUT2D eigenvalue weighted by Gasteiger charge is 2.22. The number of hydrogen-bond donors (Lipinski definition) is 1. The Bertz CT molecular complexity index is 627. The fourth-order valence-corrected chi connectivity index (χ4v) is 2.45. The lowest BCUT2D eigenvalue weighted by Gasteiger charge is -2.10. The van der Waals surface area contributed by atoms with Gasteiger partial charge in [0.2, 0.25) is 0 Å². The van der Waals surface area contributed by atoms with E-state index in [1.54, 1.807) is 7.11 Å². The number of fused-ring (bicyclic) bond motifs is 1. The van der Waals surface area contributed by atoms with Crippen LogP contribution in [0.25, 0.3) is 0 Å². The van der Waals surface area contributed by atoms with E-state index in [-0.39, 0.29) is 6.04 Å². The molecule has 0 spiro atoms. The summed E-state index contributed by atoms with van der Waals surface area (Å²) in [4.78, 5) is 0. The lowest BCUT2D eigenvalue weighted by atomic mass is 10.1. The number of nitrogens with one attached hydrogen (secondary N) is 1. The first-order valence-electron chi connectivity index (χ1n) is 7.00. The molecule has 21 heavy (non-hydrogen) atoms. The van der Waals surface area contributed by atoms with Gasteiger partial charge in [-0.3, -0.25) is 0 Å². The van der Waals surface area contributed by atoms with Crippen LogP contribution in [0, 0.1) is 0 Å². The Morgan fingerprint density at radius 1 is 1.19 bits per heavy atom. The first-order chi connectivity index (χ1) is 10.3. The highest BCUT2D eigenvalue weighted by atomic mass is 16.5. The normalized spacial score (nSPS) is 16.2. The van der Waals surface area contributed by atoms with Crippen molar-refractivity contribution in [3.8, 4) is 17.2 Å². The van der Waals surface area contributed by atoms with Crippen LogP contribution in [0.15, 0.2) is 42.5 Å². The van der Waals surface area contributed by atoms with E-state index < -0.39 is 0 Å². The van der Waals surface area contributed by atoms with Crippen molar-refractivity contribution in [1.82, 2.24) is 5.32 Å². The maximum Gasteiger partial charge on any atom is 0.127 e. The third-order valence-electron chi connectivity index (χ3n) is 3.65. The Morgan fingerprint density at radius 3 is 2.90 bits per heavy atom. The summed E-state index contributed by atoms with van der Waals surface area (Å²) in [6, 6.07) is 14.1. The molecule has 1 aliphatic heterocycles. The van der Waals surface area contributed by atoms with Crippen LogP contribution in [0.2, 0.25) is 0 Å². The number of rotatable bonds is 5. The van der Waals surface area contributed by atoms with E-state index in [4.69, 9.17) is 14.2 Å². The van der Waals surface area contributed by atoms with E-state index in [0.717, 1.165) is 22.8 Å². The van der Waals surface area contributed by atoms with E-state index in [2.05, 4.69) is 11.4 Å². The highest BCUT2D eigenvalue weighted by molar-refractivity contribution is 5.45. The second-order valence-corrected chi connectivity index (χ2v) is 4.99. The fourth-order valence-electron chi connectivity index (χ4n) is 2.45. The zero-order valence-corrected chi connectivity index (χ0v) is 12.3. The van der Waals surface area contributed by atoms with Crippen molar-refractivity contribution in [3.05, 3.63) is 53.6 Å². The Balaban J connectivity index is 1.68. The van der Waals surface area contributed by atoms with Crippen LogP contribution in [-0.2, 0) is 6.61 Å². The molecular formula is C17H19NO3. The Morgan fingerprint density at radius 2 is 2.10 bits per heavy atom. The van der Waals surface area contributed by atoms with Crippen LogP contribution >= 0.6 is 0 Å². The Labute approximate surface area is 124 Å². The van der Waals surface area contributed by atoms with E-state index in [1.165, 1.54) is 5.56 Å². The molecular weight excluding hydrogens is 266 g/mol. The molecule has 2 aromatic rings. The Kier molecular flexibility index (Phi) is 3.97. The van der Waals surface area contributed by atoms with Crippen LogP contribution in [-0.4, -0.2) is 20.8 Å². The molecule has 1 aliphatic rings. The molecule has 4 heteroatoms. The van der Waals surface area contributed by atoms with E-state index >= 15 is 0 Å². The SMILES string of the molecule is CNC1COc2cc(OCc3cccc(OC)c3)ccc21. The van der Waals surface area contributed by atoms with Gasteiger partial charge < -0.3 is 19.5 Å². The minimum atomic E-state index is 0.271. The third-order valence-corrected chi connectivity index (χ3v) is 3.65. The van der Waals surface area contributed by atoms with Crippen molar-refractivity contribution in [2.45, 2.75) is 12.6 Å². The second-order valence-electron chi connectivity index (χ2n) is 4.99. The number of hydrogen-bond acceptors (Lipinski definition) is 4. The molecule has 2 aromatic carbocycles. The van der Waals surface area contributed by atoms with Crippen LogP contribution in [0.3, 0.4) is 0 Å². The number of methoxy groups -OCH3 is 1. The van der Waals surface area contributed by atoms with Crippen molar-refractivity contribution >= 4 is 0 Å². The van der Waals surface area contributed by atoms with Gasteiger partial charge in [0.15, 0.2) is 0 Å². The van der Waals surface area contributed by atoms with Gasteiger partial charge in [0.1, 0.15) is 30.5 Å². The zero-order valence-electron chi connectivity index (χ0n) is 12.3. The minimum absolute atomic E-state index is 0.271. The van der Waals surface area contributed by atoms with E-state index in [1.807, 2.05) is 43.4 Å². The quantitative estimate of drug-likeness (QED) is 0.917. The summed E-state index contributed by atoms with van der Waals surface area (Å²) in [5.74, 6) is 2.55. The van der Waals surface area contributed by atoms with Gasteiger partial charge in [-0.15, -0.1) is 0 Å². The smallest absolute Gasteiger partial charge is 0.127 e. The first-order valence-corrected chi connectivity index (χ1v) is 7.00. The summed E-state index contributed by atoms with van der Waals surface area (Å²) in [5.41, 5.74) is 2.26. The molecule has 1 heterocycles. The molecule has 110 valence electrons. The number of ether oxygens (including phenoxy) is 3. The average molecular weight is 285 g/mol. The summed E-state index contributed by atoms with van der Waals surface area (Å²) in [5, 5.41) is 3.23. The summed E-state index contributed by atoms with van der Waals surface area (Å²) < 4.78 is 16.7. The lowest BCUT2D eigenvalue weighted by molar-refractivity contribution is 0.298. The molecule has 0 radical (unpaired) electrons. The van der Waals surface area contributed by atoms with Gasteiger partial charge in [-0.05, 0) is 36.9 Å². The monoisotopic (exact) mass is 285 g/mol. The average Bonchev–Trinajstić information content (AvgIpc) is 2.95. The summed E-state index contributed by atoms with van der Waals surface area (Å²) >= 11 is 0. The molecule has 1 unspecified atom stereocenters. The highest BCUT2D eigenvalue weighted by Crippen LogP contribution is 2.35. The van der Waals surface area contributed by atoms with Crippen LogP contribution in [0.5, 0.6) is 17.2 Å². The molecule has 0 saturated carbocycles. The molecule has 3 rings (SSSR count). The van der Waals surface area contributed by atoms with Crippen LogP contribution in [0.1, 0.15) is 17.2 Å². The third kappa shape index (κ3) is 2.95. The van der Waals surface area contributed by atoms with Crippen LogP contribution < -0.4 is 19.5 Å². The van der Waals surface area contributed by atoms with Crippen molar-refractivity contribution < 1.29 is 14.2 Å². The molecule has 0 fully saturated rings.